The van der Waals surface area contributed by atoms with Crippen molar-refractivity contribution in [1.82, 2.24) is 0 Å². The second-order valence-corrected chi connectivity index (χ2v) is 3.25. The van der Waals surface area contributed by atoms with Crippen molar-refractivity contribution in [3.8, 4) is 17.2 Å². The Balaban J connectivity index is 2.05. The van der Waals surface area contributed by atoms with Gasteiger partial charge in [-0.15, -0.1) is 0 Å². The fraction of sp³-hybridized carbons (Fsp3) is 0. The highest BCUT2D eigenvalue weighted by atomic mass is 19.1. The summed E-state index contributed by atoms with van der Waals surface area (Å²) in [5.74, 6) is 1.34. The van der Waals surface area contributed by atoms with Crippen molar-refractivity contribution >= 4 is 7.69 Å². The van der Waals surface area contributed by atoms with Crippen LogP contribution in [0.25, 0.3) is 0 Å². The smallest absolute Gasteiger partial charge is 0.537 e. The van der Waals surface area contributed by atoms with Gasteiger partial charge in [0.2, 0.25) is 0 Å². The van der Waals surface area contributed by atoms with Crippen LogP contribution in [0.15, 0.2) is 48.5 Å². The number of halogens is 1. The van der Waals surface area contributed by atoms with E-state index in [1.165, 1.54) is 12.1 Å². The lowest BCUT2D eigenvalue weighted by Crippen LogP contribution is -1.99. The summed E-state index contributed by atoms with van der Waals surface area (Å²) in [5, 5.41) is 8.44. The van der Waals surface area contributed by atoms with Gasteiger partial charge < -0.3 is 14.4 Å². The van der Waals surface area contributed by atoms with Crippen molar-refractivity contribution in [3.05, 3.63) is 54.3 Å². The molecule has 1 N–H and O–H groups in total. The standard InChI is InChI=1S/C12H9BFO3/c14-9-1-3-10(4-2-9)16-11-5-7-12(8-6-11)17-13-15/h1-8,15H. The van der Waals surface area contributed by atoms with E-state index in [1.807, 2.05) is 0 Å². The van der Waals surface area contributed by atoms with Crippen molar-refractivity contribution in [2.75, 3.05) is 0 Å². The Bertz CT molecular complexity index is 470. The van der Waals surface area contributed by atoms with E-state index in [-0.39, 0.29) is 5.82 Å². The fourth-order valence-electron chi connectivity index (χ4n) is 1.29. The van der Waals surface area contributed by atoms with E-state index in [9.17, 15) is 4.39 Å². The van der Waals surface area contributed by atoms with E-state index in [1.54, 1.807) is 36.4 Å². The first kappa shape index (κ1) is 11.5. The summed E-state index contributed by atoms with van der Waals surface area (Å²) < 4.78 is 22.9. The predicted octanol–water partition coefficient (Wildman–Crippen LogP) is 2.52. The van der Waals surface area contributed by atoms with Gasteiger partial charge in [-0.25, -0.2) is 4.39 Å². The largest absolute Gasteiger partial charge is 0.569 e. The molecule has 0 aromatic heterocycles. The van der Waals surface area contributed by atoms with E-state index >= 15 is 0 Å². The average Bonchev–Trinajstić information content (AvgIpc) is 2.35. The van der Waals surface area contributed by atoms with Crippen molar-refractivity contribution in [1.29, 1.82) is 0 Å². The number of ether oxygens (including phenoxy) is 1. The fourth-order valence-corrected chi connectivity index (χ4v) is 1.29. The van der Waals surface area contributed by atoms with Crippen molar-refractivity contribution < 1.29 is 18.8 Å². The Labute approximate surface area is 98.7 Å². The zero-order valence-corrected chi connectivity index (χ0v) is 8.84. The molecule has 0 aliphatic rings. The van der Waals surface area contributed by atoms with E-state index in [4.69, 9.17) is 14.4 Å². The third-order valence-corrected chi connectivity index (χ3v) is 2.06. The van der Waals surface area contributed by atoms with Crippen LogP contribution in [-0.4, -0.2) is 12.7 Å². The van der Waals surface area contributed by atoms with E-state index in [2.05, 4.69) is 0 Å². The molecule has 0 amide bonds. The van der Waals surface area contributed by atoms with Crippen LogP contribution >= 0.6 is 0 Å². The van der Waals surface area contributed by atoms with Gasteiger partial charge in [0, 0.05) is 0 Å². The van der Waals surface area contributed by atoms with Crippen LogP contribution in [0.2, 0.25) is 0 Å². The third-order valence-electron chi connectivity index (χ3n) is 2.06. The van der Waals surface area contributed by atoms with Gasteiger partial charge in [0.1, 0.15) is 23.1 Å². The van der Waals surface area contributed by atoms with Crippen molar-refractivity contribution in [3.63, 3.8) is 0 Å². The van der Waals surface area contributed by atoms with Gasteiger partial charge in [-0.3, -0.25) is 0 Å². The molecule has 2 rings (SSSR count). The van der Waals surface area contributed by atoms with Gasteiger partial charge in [-0.2, -0.15) is 0 Å². The van der Waals surface area contributed by atoms with Crippen LogP contribution in [0.5, 0.6) is 17.2 Å². The minimum absolute atomic E-state index is 0.306. The lowest BCUT2D eigenvalue weighted by atomic mass is 10.3. The normalized spacial score (nSPS) is 9.76. The molecule has 0 aliphatic carbocycles. The molecule has 0 aliphatic heterocycles. The number of hydrogen-bond acceptors (Lipinski definition) is 3. The summed E-state index contributed by atoms with van der Waals surface area (Å²) in [5.41, 5.74) is 0. The Morgan fingerprint density at radius 1 is 0.824 bits per heavy atom. The third kappa shape index (κ3) is 3.22. The second-order valence-electron chi connectivity index (χ2n) is 3.25. The van der Waals surface area contributed by atoms with Gasteiger partial charge in [0.05, 0.1) is 0 Å². The van der Waals surface area contributed by atoms with Gasteiger partial charge >= 0.3 is 7.69 Å². The highest BCUT2D eigenvalue weighted by Crippen LogP contribution is 2.23. The molecule has 17 heavy (non-hydrogen) atoms. The summed E-state index contributed by atoms with van der Waals surface area (Å²) in [6.45, 7) is 0. The topological polar surface area (TPSA) is 38.7 Å². The van der Waals surface area contributed by atoms with Gasteiger partial charge in [-0.1, -0.05) is 0 Å². The molecule has 2 aromatic carbocycles. The van der Waals surface area contributed by atoms with Crippen LogP contribution in [0.4, 0.5) is 4.39 Å². The lowest BCUT2D eigenvalue weighted by Gasteiger charge is -2.06. The zero-order valence-electron chi connectivity index (χ0n) is 8.84. The summed E-state index contributed by atoms with van der Waals surface area (Å²) >= 11 is 0. The molecule has 85 valence electrons. The molecule has 0 saturated heterocycles. The SMILES string of the molecule is O[B]Oc1ccc(Oc2ccc(F)cc2)cc1. The van der Waals surface area contributed by atoms with Gasteiger partial charge in [-0.05, 0) is 48.5 Å². The van der Waals surface area contributed by atoms with E-state index in [0.29, 0.717) is 24.9 Å². The summed E-state index contributed by atoms with van der Waals surface area (Å²) in [6.07, 6.45) is 0. The molecular weight excluding hydrogens is 222 g/mol. The Morgan fingerprint density at radius 2 is 1.29 bits per heavy atom. The van der Waals surface area contributed by atoms with Crippen LogP contribution in [0.1, 0.15) is 0 Å². The number of rotatable bonds is 4. The van der Waals surface area contributed by atoms with Crippen LogP contribution in [0, 0.1) is 5.82 Å². The van der Waals surface area contributed by atoms with Crippen LogP contribution in [0.3, 0.4) is 0 Å². The Morgan fingerprint density at radius 3 is 1.82 bits per heavy atom. The molecule has 0 spiro atoms. The first-order chi connectivity index (χ1) is 8.28. The van der Waals surface area contributed by atoms with Gasteiger partial charge in [0.25, 0.3) is 0 Å². The second kappa shape index (κ2) is 5.36. The maximum atomic E-state index is 12.7. The summed E-state index contributed by atoms with van der Waals surface area (Å²) in [7, 11) is 0.607. The molecular formula is C12H9BFO3. The molecule has 3 nitrogen and oxygen atoms in total. The maximum Gasteiger partial charge on any atom is 0.569 e. The number of hydrogen-bond donors (Lipinski definition) is 1. The molecule has 2 aromatic rings. The predicted molar refractivity (Wildman–Crippen MR) is 61.5 cm³/mol. The highest BCUT2D eigenvalue weighted by molar-refractivity contribution is 6.17. The minimum atomic E-state index is -0.306. The van der Waals surface area contributed by atoms with Crippen molar-refractivity contribution in [2.45, 2.75) is 0 Å². The summed E-state index contributed by atoms with van der Waals surface area (Å²) in [6, 6.07) is 12.4. The molecule has 0 unspecified atom stereocenters. The maximum absolute atomic E-state index is 12.7. The highest BCUT2D eigenvalue weighted by Gasteiger charge is 1.99. The summed E-state index contributed by atoms with van der Waals surface area (Å²) in [4.78, 5) is 0. The molecule has 0 atom stereocenters. The lowest BCUT2D eigenvalue weighted by molar-refractivity contribution is 0.450. The van der Waals surface area contributed by atoms with Gasteiger partial charge in [0.15, 0.2) is 0 Å². The first-order valence-corrected chi connectivity index (χ1v) is 4.94. The van der Waals surface area contributed by atoms with Crippen LogP contribution < -0.4 is 9.39 Å². The number of benzene rings is 2. The Kier molecular flexibility index (Phi) is 3.62. The Hall–Kier alpha value is -2.01. The molecule has 0 bridgehead atoms. The molecule has 0 heterocycles. The molecule has 1 radical (unpaired) electrons. The van der Waals surface area contributed by atoms with Crippen molar-refractivity contribution in [2.24, 2.45) is 0 Å². The average molecular weight is 231 g/mol. The van der Waals surface area contributed by atoms with E-state index < -0.39 is 0 Å². The van der Waals surface area contributed by atoms with Crippen LogP contribution in [-0.2, 0) is 0 Å². The minimum Gasteiger partial charge on any atom is -0.537 e. The van der Waals surface area contributed by atoms with E-state index in [0.717, 1.165) is 0 Å². The monoisotopic (exact) mass is 231 g/mol. The molecule has 0 saturated carbocycles. The molecule has 0 fully saturated rings. The first-order valence-electron chi connectivity index (χ1n) is 4.94. The zero-order chi connectivity index (χ0) is 12.1. The quantitative estimate of drug-likeness (QED) is 0.821. The molecule has 5 heteroatoms.